The van der Waals surface area contributed by atoms with Gasteiger partial charge in [-0.3, -0.25) is 0 Å². The Kier molecular flexibility index (Phi) is 6.17. The van der Waals surface area contributed by atoms with Crippen LogP contribution in [0.2, 0.25) is 0 Å². The van der Waals surface area contributed by atoms with E-state index in [9.17, 15) is 4.79 Å². The molecule has 0 radical (unpaired) electrons. The second-order valence-corrected chi connectivity index (χ2v) is 2.44. The van der Waals surface area contributed by atoms with Gasteiger partial charge in [0.05, 0.1) is 0 Å². The third-order valence-electron chi connectivity index (χ3n) is 1.64. The molecule has 0 aliphatic carbocycles. The second-order valence-electron chi connectivity index (χ2n) is 2.44. The first-order valence-electron chi connectivity index (χ1n) is 4.65. The topological polar surface area (TPSA) is 26.3 Å². The van der Waals surface area contributed by atoms with Gasteiger partial charge in [-0.25, -0.2) is 4.79 Å². The highest BCUT2D eigenvalue weighted by Crippen LogP contribution is 2.17. The normalized spacial score (nSPS) is 23.7. The first-order valence-corrected chi connectivity index (χ1v) is 4.65. The minimum Gasteiger partial charge on any atom is -0.453 e. The molecule has 0 amide bonds. The Morgan fingerprint density at radius 1 is 1.57 bits per heavy atom. The van der Waals surface area contributed by atoms with Crippen LogP contribution in [0.3, 0.4) is 0 Å². The third-order valence-corrected chi connectivity index (χ3v) is 1.64. The quantitative estimate of drug-likeness (QED) is 0.382. The fourth-order valence-corrected chi connectivity index (χ4v) is 1.03. The standard InChI is InChI=1S/C10H10O2.C2H6/c1-3-5-9-8(4-2)6-7-10(11)12-9;1-2/h4-9H,1-2H2;1-2H3. The molecule has 0 aromatic carbocycles. The molecule has 0 aromatic rings. The van der Waals surface area contributed by atoms with E-state index in [4.69, 9.17) is 4.74 Å². The van der Waals surface area contributed by atoms with Gasteiger partial charge >= 0.3 is 5.97 Å². The number of carbonyl (C=O) groups excluding carboxylic acids is 1. The fourth-order valence-electron chi connectivity index (χ4n) is 1.03. The van der Waals surface area contributed by atoms with E-state index in [1.165, 1.54) is 6.08 Å². The van der Waals surface area contributed by atoms with E-state index in [0.29, 0.717) is 0 Å². The average Bonchev–Trinajstić information content (AvgIpc) is 2.22. The van der Waals surface area contributed by atoms with Gasteiger partial charge in [0.1, 0.15) is 6.10 Å². The molecule has 1 heterocycles. The van der Waals surface area contributed by atoms with Crippen molar-refractivity contribution in [1.82, 2.24) is 0 Å². The highest BCUT2D eigenvalue weighted by molar-refractivity contribution is 5.83. The third kappa shape index (κ3) is 3.46. The first kappa shape index (κ1) is 12.5. The van der Waals surface area contributed by atoms with Crippen molar-refractivity contribution in [3.63, 3.8) is 0 Å². The maximum atomic E-state index is 10.8. The zero-order valence-corrected chi connectivity index (χ0v) is 8.69. The number of esters is 1. The summed E-state index contributed by atoms with van der Waals surface area (Å²) in [5.41, 5.74) is 2.59. The molecule has 0 aromatic heterocycles. The second kappa shape index (κ2) is 6.93. The summed E-state index contributed by atoms with van der Waals surface area (Å²) in [6.07, 6.45) is 6.21. The fraction of sp³-hybridized carbons (Fsp3) is 0.333. The van der Waals surface area contributed by atoms with Crippen molar-refractivity contribution in [1.29, 1.82) is 0 Å². The van der Waals surface area contributed by atoms with Crippen LogP contribution in [0.5, 0.6) is 0 Å². The summed E-state index contributed by atoms with van der Waals surface area (Å²) >= 11 is 0. The lowest BCUT2D eigenvalue weighted by Gasteiger charge is -2.21. The van der Waals surface area contributed by atoms with E-state index in [-0.39, 0.29) is 18.0 Å². The van der Waals surface area contributed by atoms with Crippen LogP contribution in [0.1, 0.15) is 13.8 Å². The summed E-state index contributed by atoms with van der Waals surface area (Å²) in [4.78, 5) is 10.8. The van der Waals surface area contributed by atoms with E-state index in [1.54, 1.807) is 18.2 Å². The minimum absolute atomic E-state index is 0.0388. The zero-order chi connectivity index (χ0) is 11.0. The smallest absolute Gasteiger partial charge is 0.331 e. The first-order chi connectivity index (χ1) is 6.77. The Morgan fingerprint density at radius 2 is 2.21 bits per heavy atom. The van der Waals surface area contributed by atoms with Crippen LogP contribution in [-0.4, -0.2) is 12.1 Å². The number of rotatable bonds is 2. The van der Waals surface area contributed by atoms with Crippen LogP contribution < -0.4 is 0 Å². The highest BCUT2D eigenvalue weighted by Gasteiger charge is 2.21. The van der Waals surface area contributed by atoms with Gasteiger partial charge in [0.25, 0.3) is 0 Å². The van der Waals surface area contributed by atoms with Crippen molar-refractivity contribution in [2.75, 3.05) is 0 Å². The summed E-state index contributed by atoms with van der Waals surface area (Å²) in [5, 5.41) is 0. The van der Waals surface area contributed by atoms with Gasteiger partial charge in [0, 0.05) is 12.0 Å². The molecular weight excluding hydrogens is 176 g/mol. The SMILES string of the molecule is C=C=CC1OC(=O)C=CC1C=C.CC. The van der Waals surface area contributed by atoms with Crippen LogP contribution in [0.15, 0.2) is 43.2 Å². The summed E-state index contributed by atoms with van der Waals surface area (Å²) in [7, 11) is 0. The molecular formula is C12H16O2. The van der Waals surface area contributed by atoms with Crippen molar-refractivity contribution in [2.24, 2.45) is 5.92 Å². The summed E-state index contributed by atoms with van der Waals surface area (Å²) in [6, 6.07) is 0. The van der Waals surface area contributed by atoms with Crippen molar-refractivity contribution in [2.45, 2.75) is 20.0 Å². The van der Waals surface area contributed by atoms with E-state index < -0.39 is 0 Å². The highest BCUT2D eigenvalue weighted by atomic mass is 16.5. The lowest BCUT2D eigenvalue weighted by molar-refractivity contribution is -0.143. The largest absolute Gasteiger partial charge is 0.453 e. The molecule has 1 aliphatic rings. The van der Waals surface area contributed by atoms with Crippen molar-refractivity contribution in [3.8, 4) is 0 Å². The average molecular weight is 192 g/mol. The number of ether oxygens (including phenoxy) is 1. The molecule has 0 saturated heterocycles. The van der Waals surface area contributed by atoms with Crippen LogP contribution in [0, 0.1) is 5.92 Å². The van der Waals surface area contributed by atoms with Gasteiger partial charge in [-0.15, -0.1) is 12.3 Å². The predicted molar refractivity (Wildman–Crippen MR) is 57.8 cm³/mol. The Hall–Kier alpha value is -1.53. The number of hydrogen-bond acceptors (Lipinski definition) is 2. The van der Waals surface area contributed by atoms with Gasteiger partial charge in [-0.1, -0.05) is 32.6 Å². The maximum Gasteiger partial charge on any atom is 0.331 e. The molecule has 1 rings (SSSR count). The minimum atomic E-state index is -0.329. The Balaban J connectivity index is 0.000000791. The molecule has 2 nitrogen and oxygen atoms in total. The van der Waals surface area contributed by atoms with Crippen LogP contribution in [0.4, 0.5) is 0 Å². The van der Waals surface area contributed by atoms with Gasteiger partial charge < -0.3 is 4.74 Å². The molecule has 0 spiro atoms. The monoisotopic (exact) mass is 192 g/mol. The Bertz CT molecular complexity index is 270. The van der Waals surface area contributed by atoms with E-state index in [0.717, 1.165) is 0 Å². The van der Waals surface area contributed by atoms with Gasteiger partial charge in [-0.05, 0) is 6.08 Å². The maximum absolute atomic E-state index is 10.8. The number of carbonyl (C=O) groups is 1. The lowest BCUT2D eigenvalue weighted by atomic mass is 10.00. The van der Waals surface area contributed by atoms with E-state index in [1.807, 2.05) is 13.8 Å². The molecule has 14 heavy (non-hydrogen) atoms. The molecule has 0 fully saturated rings. The summed E-state index contributed by atoms with van der Waals surface area (Å²) in [5.74, 6) is -0.290. The van der Waals surface area contributed by atoms with Crippen LogP contribution in [-0.2, 0) is 9.53 Å². The molecule has 0 N–H and O–H groups in total. The molecule has 1 aliphatic heterocycles. The van der Waals surface area contributed by atoms with Crippen molar-refractivity contribution >= 4 is 5.97 Å². The van der Waals surface area contributed by atoms with E-state index >= 15 is 0 Å². The summed E-state index contributed by atoms with van der Waals surface area (Å²) < 4.78 is 4.98. The van der Waals surface area contributed by atoms with Gasteiger partial charge in [0.15, 0.2) is 0 Å². The van der Waals surface area contributed by atoms with Crippen LogP contribution in [0.25, 0.3) is 0 Å². The van der Waals surface area contributed by atoms with Crippen molar-refractivity contribution < 1.29 is 9.53 Å². The van der Waals surface area contributed by atoms with Gasteiger partial charge in [0.2, 0.25) is 0 Å². The predicted octanol–water partition coefficient (Wildman–Crippen LogP) is 2.64. The zero-order valence-electron chi connectivity index (χ0n) is 8.69. The summed E-state index contributed by atoms with van der Waals surface area (Å²) in [6.45, 7) is 11.0. The Morgan fingerprint density at radius 3 is 2.71 bits per heavy atom. The molecule has 2 heteroatoms. The Labute approximate surface area is 85.3 Å². The van der Waals surface area contributed by atoms with Crippen LogP contribution >= 0.6 is 0 Å². The lowest BCUT2D eigenvalue weighted by Crippen LogP contribution is -2.25. The molecule has 0 bridgehead atoms. The molecule has 0 saturated carbocycles. The number of cyclic esters (lactones) is 1. The molecule has 2 atom stereocenters. The van der Waals surface area contributed by atoms with E-state index in [2.05, 4.69) is 18.9 Å². The van der Waals surface area contributed by atoms with Gasteiger partial charge in [-0.2, -0.15) is 0 Å². The van der Waals surface area contributed by atoms with Crippen molar-refractivity contribution in [3.05, 3.63) is 43.2 Å². The molecule has 2 unspecified atom stereocenters. The number of hydrogen-bond donors (Lipinski definition) is 0. The molecule has 76 valence electrons.